The number of hydrogen-bond acceptors (Lipinski definition) is 3. The lowest BCUT2D eigenvalue weighted by Crippen LogP contribution is -2.42. The van der Waals surface area contributed by atoms with Gasteiger partial charge >= 0.3 is 0 Å². The summed E-state index contributed by atoms with van der Waals surface area (Å²) in [5, 5.41) is 3.70. The molecule has 3 aliphatic rings. The molecule has 0 spiro atoms. The van der Waals surface area contributed by atoms with Gasteiger partial charge in [0.1, 0.15) is 0 Å². The van der Waals surface area contributed by atoms with Crippen LogP contribution in [-0.4, -0.2) is 38.5 Å². The zero-order chi connectivity index (χ0) is 14.5. The van der Waals surface area contributed by atoms with Gasteiger partial charge in [-0.15, -0.1) is 0 Å². The molecule has 0 amide bonds. The maximum atomic E-state index is 6.17. The molecule has 1 aliphatic carbocycles. The van der Waals surface area contributed by atoms with Crippen molar-refractivity contribution in [3.63, 3.8) is 0 Å². The highest BCUT2D eigenvalue weighted by molar-refractivity contribution is 5.00. The third-order valence-electron chi connectivity index (χ3n) is 5.68. The van der Waals surface area contributed by atoms with Crippen LogP contribution < -0.4 is 5.32 Å². The van der Waals surface area contributed by atoms with Crippen molar-refractivity contribution >= 4 is 0 Å². The number of ether oxygens (including phenoxy) is 2. The quantitative estimate of drug-likeness (QED) is 0.660. The zero-order valence-corrected chi connectivity index (χ0v) is 13.7. The van der Waals surface area contributed by atoms with Crippen molar-refractivity contribution < 1.29 is 9.47 Å². The van der Waals surface area contributed by atoms with Crippen LogP contribution in [0.3, 0.4) is 0 Å². The molecule has 3 heteroatoms. The van der Waals surface area contributed by atoms with E-state index in [4.69, 9.17) is 9.47 Å². The Morgan fingerprint density at radius 2 is 2.05 bits per heavy atom. The average molecular weight is 295 g/mol. The summed E-state index contributed by atoms with van der Waals surface area (Å²) in [6, 6.07) is 0. The molecule has 3 fully saturated rings. The first-order valence-electron chi connectivity index (χ1n) is 9.28. The van der Waals surface area contributed by atoms with Gasteiger partial charge in [-0.25, -0.2) is 0 Å². The molecule has 0 radical (unpaired) electrons. The molecule has 0 bridgehead atoms. The lowest BCUT2D eigenvalue weighted by atomic mass is 9.74. The van der Waals surface area contributed by atoms with Gasteiger partial charge in [-0.1, -0.05) is 13.3 Å². The van der Waals surface area contributed by atoms with Gasteiger partial charge in [0.2, 0.25) is 0 Å². The second-order valence-electron chi connectivity index (χ2n) is 7.45. The fraction of sp³-hybridized carbons (Fsp3) is 1.00. The number of rotatable bonds is 9. The van der Waals surface area contributed by atoms with Crippen LogP contribution in [0.4, 0.5) is 0 Å². The first kappa shape index (κ1) is 15.8. The van der Waals surface area contributed by atoms with Crippen molar-refractivity contribution in [3.05, 3.63) is 0 Å². The second-order valence-corrected chi connectivity index (χ2v) is 7.45. The molecule has 2 heterocycles. The van der Waals surface area contributed by atoms with Crippen molar-refractivity contribution in [2.45, 2.75) is 76.9 Å². The highest BCUT2D eigenvalue weighted by atomic mass is 16.5. The molecule has 3 nitrogen and oxygen atoms in total. The summed E-state index contributed by atoms with van der Waals surface area (Å²) in [4.78, 5) is 0. The van der Waals surface area contributed by atoms with Gasteiger partial charge in [-0.05, 0) is 63.8 Å². The predicted molar refractivity (Wildman–Crippen MR) is 85.5 cm³/mol. The molecule has 21 heavy (non-hydrogen) atoms. The van der Waals surface area contributed by atoms with Gasteiger partial charge in [-0.2, -0.15) is 0 Å². The normalized spacial score (nSPS) is 36.4. The van der Waals surface area contributed by atoms with E-state index in [0.717, 1.165) is 32.2 Å². The Bertz CT molecular complexity index is 312. The fourth-order valence-corrected chi connectivity index (χ4v) is 4.36. The van der Waals surface area contributed by atoms with Crippen LogP contribution in [0.2, 0.25) is 0 Å². The van der Waals surface area contributed by atoms with Gasteiger partial charge in [0.05, 0.1) is 12.2 Å². The van der Waals surface area contributed by atoms with Crippen LogP contribution in [0.15, 0.2) is 0 Å². The minimum atomic E-state index is 0.412. The molecule has 2 aliphatic heterocycles. The van der Waals surface area contributed by atoms with Crippen LogP contribution in [0.1, 0.15) is 64.7 Å². The fourth-order valence-electron chi connectivity index (χ4n) is 4.36. The Labute approximate surface area is 130 Å². The second kappa shape index (κ2) is 7.43. The van der Waals surface area contributed by atoms with Crippen LogP contribution >= 0.6 is 0 Å². The molecule has 3 rings (SSSR count). The van der Waals surface area contributed by atoms with Crippen molar-refractivity contribution in [1.29, 1.82) is 0 Å². The van der Waals surface area contributed by atoms with Gasteiger partial charge in [0, 0.05) is 25.2 Å². The summed E-state index contributed by atoms with van der Waals surface area (Å²) in [5.41, 5.74) is 0.412. The summed E-state index contributed by atoms with van der Waals surface area (Å²) in [7, 11) is 0. The highest BCUT2D eigenvalue weighted by Crippen LogP contribution is 2.50. The first-order chi connectivity index (χ1) is 10.3. The predicted octanol–water partition coefficient (Wildman–Crippen LogP) is 3.52. The molecule has 122 valence electrons. The minimum absolute atomic E-state index is 0.412. The summed E-state index contributed by atoms with van der Waals surface area (Å²) >= 11 is 0. The largest absolute Gasteiger partial charge is 0.378 e. The Hall–Kier alpha value is -0.120. The monoisotopic (exact) mass is 295 g/mol. The molecular formula is C18H33NO2. The summed E-state index contributed by atoms with van der Waals surface area (Å²) in [5.74, 6) is 0.860. The molecule has 3 unspecified atom stereocenters. The topological polar surface area (TPSA) is 30.5 Å². The molecule has 0 aromatic rings. The standard InChI is InChI=1S/C18H33NO2/c1-2-11-19-14-18(9-3-5-16-6-4-12-20-16)10-13-21-17(18)15-7-8-15/h15-17,19H,2-14H2,1H3. The van der Waals surface area contributed by atoms with Crippen molar-refractivity contribution in [2.24, 2.45) is 11.3 Å². The molecule has 0 aromatic carbocycles. The molecule has 2 saturated heterocycles. The van der Waals surface area contributed by atoms with Crippen LogP contribution in [0.5, 0.6) is 0 Å². The maximum Gasteiger partial charge on any atom is 0.0672 e. The number of hydrogen-bond donors (Lipinski definition) is 1. The third-order valence-corrected chi connectivity index (χ3v) is 5.68. The van der Waals surface area contributed by atoms with E-state index in [0.29, 0.717) is 17.6 Å². The van der Waals surface area contributed by atoms with Gasteiger partial charge in [-0.3, -0.25) is 0 Å². The van der Waals surface area contributed by atoms with Crippen LogP contribution in [0, 0.1) is 11.3 Å². The first-order valence-corrected chi connectivity index (χ1v) is 9.28. The third kappa shape index (κ3) is 4.00. The summed E-state index contributed by atoms with van der Waals surface area (Å²) in [6.45, 7) is 6.52. The van der Waals surface area contributed by atoms with Crippen LogP contribution in [0.25, 0.3) is 0 Å². The van der Waals surface area contributed by atoms with Gasteiger partial charge in [0.25, 0.3) is 0 Å². The van der Waals surface area contributed by atoms with E-state index in [1.54, 1.807) is 0 Å². The molecule has 0 aromatic heterocycles. The molecule has 1 N–H and O–H groups in total. The van der Waals surface area contributed by atoms with E-state index >= 15 is 0 Å². The zero-order valence-electron chi connectivity index (χ0n) is 13.7. The van der Waals surface area contributed by atoms with Crippen molar-refractivity contribution in [3.8, 4) is 0 Å². The van der Waals surface area contributed by atoms with E-state index < -0.39 is 0 Å². The maximum absolute atomic E-state index is 6.17. The van der Waals surface area contributed by atoms with E-state index in [-0.39, 0.29) is 0 Å². The molecule has 1 saturated carbocycles. The van der Waals surface area contributed by atoms with E-state index in [1.165, 1.54) is 57.8 Å². The summed E-state index contributed by atoms with van der Waals surface area (Å²) < 4.78 is 12.0. The van der Waals surface area contributed by atoms with E-state index in [1.807, 2.05) is 0 Å². The SMILES string of the molecule is CCCNCC1(CCCC2CCCO2)CCOC1C1CC1. The van der Waals surface area contributed by atoms with E-state index in [9.17, 15) is 0 Å². The smallest absolute Gasteiger partial charge is 0.0672 e. The van der Waals surface area contributed by atoms with Crippen molar-refractivity contribution in [1.82, 2.24) is 5.32 Å². The van der Waals surface area contributed by atoms with E-state index in [2.05, 4.69) is 12.2 Å². The average Bonchev–Trinajstić information content (AvgIpc) is 3.03. The lowest BCUT2D eigenvalue weighted by molar-refractivity contribution is 0.0225. The molecular weight excluding hydrogens is 262 g/mol. The Kier molecular flexibility index (Phi) is 5.58. The Morgan fingerprint density at radius 1 is 1.14 bits per heavy atom. The summed E-state index contributed by atoms with van der Waals surface area (Å²) in [6.07, 6.45) is 12.8. The number of nitrogens with one attached hydrogen (secondary N) is 1. The minimum Gasteiger partial charge on any atom is -0.378 e. The molecule has 3 atom stereocenters. The van der Waals surface area contributed by atoms with Gasteiger partial charge < -0.3 is 14.8 Å². The lowest BCUT2D eigenvalue weighted by Gasteiger charge is -2.35. The Balaban J connectivity index is 1.52. The van der Waals surface area contributed by atoms with Gasteiger partial charge in [0.15, 0.2) is 0 Å². The van der Waals surface area contributed by atoms with Crippen LogP contribution in [-0.2, 0) is 9.47 Å². The van der Waals surface area contributed by atoms with Crippen molar-refractivity contribution in [2.75, 3.05) is 26.3 Å². The Morgan fingerprint density at radius 3 is 2.76 bits per heavy atom. The highest BCUT2D eigenvalue weighted by Gasteiger charge is 2.50.